The molecule has 0 radical (unpaired) electrons. The maximum Gasteiger partial charge on any atom is 0.322 e. The first kappa shape index (κ1) is 14.6. The van der Waals surface area contributed by atoms with Gasteiger partial charge in [0, 0.05) is 6.04 Å². The van der Waals surface area contributed by atoms with E-state index >= 15 is 0 Å². The highest BCUT2D eigenvalue weighted by Crippen LogP contribution is 2.40. The summed E-state index contributed by atoms with van der Waals surface area (Å²) in [7, 11) is 0. The summed E-state index contributed by atoms with van der Waals surface area (Å²) in [4.78, 5) is 11.9. The van der Waals surface area contributed by atoms with E-state index in [4.69, 9.17) is 4.74 Å². The Bertz CT molecular complexity index is 481. The topological polar surface area (TPSA) is 38.3 Å². The zero-order chi connectivity index (χ0) is 14.8. The fourth-order valence-electron chi connectivity index (χ4n) is 4.05. The molecule has 0 heterocycles. The van der Waals surface area contributed by atoms with Gasteiger partial charge < -0.3 is 10.1 Å². The second kappa shape index (κ2) is 6.18. The molecule has 2 aliphatic rings. The molecule has 0 amide bonds. The number of ether oxygens (including phenoxy) is 1. The molecule has 1 fully saturated rings. The Morgan fingerprint density at radius 1 is 1.24 bits per heavy atom. The van der Waals surface area contributed by atoms with Crippen molar-refractivity contribution in [3.63, 3.8) is 0 Å². The van der Waals surface area contributed by atoms with E-state index in [9.17, 15) is 4.79 Å². The number of nitrogens with one attached hydrogen (secondary N) is 1. The van der Waals surface area contributed by atoms with Crippen molar-refractivity contribution in [3.05, 3.63) is 35.4 Å². The third-order valence-corrected chi connectivity index (χ3v) is 5.09. The van der Waals surface area contributed by atoms with Crippen LogP contribution in [0.25, 0.3) is 0 Å². The van der Waals surface area contributed by atoms with E-state index < -0.39 is 0 Å². The first-order chi connectivity index (χ1) is 10.2. The van der Waals surface area contributed by atoms with Crippen LogP contribution in [0.4, 0.5) is 0 Å². The third-order valence-electron chi connectivity index (χ3n) is 5.09. The zero-order valence-electron chi connectivity index (χ0n) is 13.0. The van der Waals surface area contributed by atoms with Crippen LogP contribution in [-0.2, 0) is 22.4 Å². The van der Waals surface area contributed by atoms with Gasteiger partial charge in [-0.05, 0) is 62.5 Å². The summed E-state index contributed by atoms with van der Waals surface area (Å²) in [5, 5.41) is 3.57. The minimum atomic E-state index is -0.209. The minimum absolute atomic E-state index is 0.126. The fraction of sp³-hybridized carbons (Fsp3) is 0.611. The van der Waals surface area contributed by atoms with Crippen LogP contribution < -0.4 is 5.32 Å². The lowest BCUT2D eigenvalue weighted by molar-refractivity contribution is -0.145. The van der Waals surface area contributed by atoms with Crippen molar-refractivity contribution in [2.45, 2.75) is 51.6 Å². The molecule has 114 valence electrons. The van der Waals surface area contributed by atoms with Gasteiger partial charge in [0.1, 0.15) is 6.04 Å². The molecule has 1 saturated carbocycles. The van der Waals surface area contributed by atoms with Gasteiger partial charge in [-0.15, -0.1) is 0 Å². The summed E-state index contributed by atoms with van der Waals surface area (Å²) < 4.78 is 5.13. The van der Waals surface area contributed by atoms with Crippen molar-refractivity contribution < 1.29 is 9.53 Å². The van der Waals surface area contributed by atoms with E-state index in [0.29, 0.717) is 24.5 Å². The van der Waals surface area contributed by atoms with Crippen molar-refractivity contribution >= 4 is 5.97 Å². The van der Waals surface area contributed by atoms with Crippen molar-refractivity contribution in [3.8, 4) is 0 Å². The molecule has 0 aromatic heterocycles. The second-order valence-electron chi connectivity index (χ2n) is 6.44. The highest BCUT2D eigenvalue weighted by molar-refractivity contribution is 5.75. The van der Waals surface area contributed by atoms with Gasteiger partial charge in [0.05, 0.1) is 6.61 Å². The number of carbonyl (C=O) groups excluding carboxylic acids is 1. The van der Waals surface area contributed by atoms with Crippen LogP contribution in [0.3, 0.4) is 0 Å². The SMILES string of the molecule is CCOC(=O)C(C)NC1C2CCC1Cc1ccccc1C2. The molecule has 1 aromatic carbocycles. The summed E-state index contributed by atoms with van der Waals surface area (Å²) in [6.07, 6.45) is 4.82. The lowest BCUT2D eigenvalue weighted by Crippen LogP contribution is -2.47. The molecule has 1 N–H and O–H groups in total. The number of fused-ring (bicyclic) bond motifs is 3. The number of esters is 1. The molecule has 3 atom stereocenters. The highest BCUT2D eigenvalue weighted by Gasteiger charge is 2.40. The molecule has 3 heteroatoms. The second-order valence-corrected chi connectivity index (χ2v) is 6.44. The average molecular weight is 287 g/mol. The molecule has 3 nitrogen and oxygen atoms in total. The van der Waals surface area contributed by atoms with Gasteiger partial charge in [0.25, 0.3) is 0 Å². The van der Waals surface area contributed by atoms with Crippen LogP contribution in [0.5, 0.6) is 0 Å². The first-order valence-corrected chi connectivity index (χ1v) is 8.18. The molecule has 2 bridgehead atoms. The van der Waals surface area contributed by atoms with E-state index in [1.54, 1.807) is 0 Å². The highest BCUT2D eigenvalue weighted by atomic mass is 16.5. The molecule has 0 aliphatic heterocycles. The molecule has 0 saturated heterocycles. The predicted octanol–water partition coefficient (Wildman–Crippen LogP) is 2.72. The fourth-order valence-corrected chi connectivity index (χ4v) is 4.05. The van der Waals surface area contributed by atoms with E-state index in [2.05, 4.69) is 29.6 Å². The Morgan fingerprint density at radius 2 is 1.81 bits per heavy atom. The summed E-state index contributed by atoms with van der Waals surface area (Å²) >= 11 is 0. The maximum atomic E-state index is 11.9. The maximum absolute atomic E-state index is 11.9. The Kier molecular flexibility index (Phi) is 4.29. The van der Waals surface area contributed by atoms with Crippen molar-refractivity contribution in [1.82, 2.24) is 5.32 Å². The van der Waals surface area contributed by atoms with Gasteiger partial charge in [0.15, 0.2) is 0 Å². The van der Waals surface area contributed by atoms with E-state index in [1.165, 1.54) is 24.0 Å². The van der Waals surface area contributed by atoms with Crippen molar-refractivity contribution in [2.75, 3.05) is 6.61 Å². The summed E-state index contributed by atoms with van der Waals surface area (Å²) in [6, 6.07) is 9.04. The van der Waals surface area contributed by atoms with Crippen molar-refractivity contribution in [2.24, 2.45) is 11.8 Å². The van der Waals surface area contributed by atoms with Crippen LogP contribution in [0.1, 0.15) is 37.8 Å². The minimum Gasteiger partial charge on any atom is -0.465 e. The van der Waals surface area contributed by atoms with Gasteiger partial charge in [-0.2, -0.15) is 0 Å². The van der Waals surface area contributed by atoms with Crippen LogP contribution in [0.15, 0.2) is 24.3 Å². The standard InChI is InChI=1S/C18H25NO2/c1-3-21-18(20)12(2)19-17-15-8-9-16(17)11-14-7-5-4-6-13(14)10-15/h4-7,12,15-17,19H,3,8-11H2,1-2H3. The van der Waals surface area contributed by atoms with Crippen LogP contribution in [-0.4, -0.2) is 24.7 Å². The normalized spacial score (nSPS) is 28.6. The lowest BCUT2D eigenvalue weighted by atomic mass is 9.94. The third kappa shape index (κ3) is 2.98. The molecule has 2 aliphatic carbocycles. The Morgan fingerprint density at radius 3 is 2.33 bits per heavy atom. The van der Waals surface area contributed by atoms with Gasteiger partial charge in [-0.25, -0.2) is 0 Å². The number of hydrogen-bond donors (Lipinski definition) is 1. The van der Waals surface area contributed by atoms with E-state index in [1.807, 2.05) is 13.8 Å². The molecule has 3 rings (SSSR count). The van der Waals surface area contributed by atoms with Crippen LogP contribution in [0, 0.1) is 11.8 Å². The predicted molar refractivity (Wildman–Crippen MR) is 83.1 cm³/mol. The Labute approximate surface area is 127 Å². The Hall–Kier alpha value is -1.35. The lowest BCUT2D eigenvalue weighted by Gasteiger charge is -2.26. The van der Waals surface area contributed by atoms with Crippen LogP contribution >= 0.6 is 0 Å². The molecule has 1 aromatic rings. The smallest absolute Gasteiger partial charge is 0.322 e. The first-order valence-electron chi connectivity index (χ1n) is 8.18. The summed E-state index contributed by atoms with van der Waals surface area (Å²) in [5.41, 5.74) is 3.00. The monoisotopic (exact) mass is 287 g/mol. The summed E-state index contributed by atoms with van der Waals surface area (Å²) in [5.74, 6) is 1.17. The molecule has 21 heavy (non-hydrogen) atoms. The van der Waals surface area contributed by atoms with Gasteiger partial charge in [-0.1, -0.05) is 24.3 Å². The molecular formula is C18H25NO2. The summed E-state index contributed by atoms with van der Waals surface area (Å²) in [6.45, 7) is 4.24. The number of benzene rings is 1. The van der Waals surface area contributed by atoms with E-state index in [0.717, 1.165) is 12.8 Å². The zero-order valence-corrected chi connectivity index (χ0v) is 13.0. The van der Waals surface area contributed by atoms with Gasteiger partial charge in [0.2, 0.25) is 0 Å². The molecule has 3 unspecified atom stereocenters. The molecule has 0 spiro atoms. The van der Waals surface area contributed by atoms with E-state index in [-0.39, 0.29) is 12.0 Å². The van der Waals surface area contributed by atoms with Gasteiger partial charge >= 0.3 is 5.97 Å². The Balaban J connectivity index is 1.72. The number of carbonyl (C=O) groups is 1. The quantitative estimate of drug-likeness (QED) is 0.865. The number of rotatable bonds is 4. The number of hydrogen-bond acceptors (Lipinski definition) is 3. The van der Waals surface area contributed by atoms with Crippen LogP contribution in [0.2, 0.25) is 0 Å². The molecular weight excluding hydrogens is 262 g/mol. The average Bonchev–Trinajstić information content (AvgIpc) is 2.74. The van der Waals surface area contributed by atoms with Gasteiger partial charge in [-0.3, -0.25) is 4.79 Å². The largest absolute Gasteiger partial charge is 0.465 e. The van der Waals surface area contributed by atoms with Crippen molar-refractivity contribution in [1.29, 1.82) is 0 Å².